The summed E-state index contributed by atoms with van der Waals surface area (Å²) in [5.41, 5.74) is -1.51. The minimum absolute atomic E-state index is 0.0611. The van der Waals surface area contributed by atoms with Gasteiger partial charge in [0.1, 0.15) is 23.9 Å². The number of benzene rings is 2. The van der Waals surface area contributed by atoms with Crippen LogP contribution in [0.1, 0.15) is 107 Å². The number of piperidine rings is 1. The van der Waals surface area contributed by atoms with E-state index in [1.165, 1.54) is 7.11 Å². The van der Waals surface area contributed by atoms with Gasteiger partial charge in [-0.3, -0.25) is 24.2 Å². The maximum absolute atomic E-state index is 15.7. The van der Waals surface area contributed by atoms with Crippen LogP contribution in [0, 0.1) is 22.2 Å². The van der Waals surface area contributed by atoms with E-state index in [0.29, 0.717) is 122 Å². The van der Waals surface area contributed by atoms with Crippen molar-refractivity contribution >= 4 is 34.3 Å². The van der Waals surface area contributed by atoms with Crippen molar-refractivity contribution in [1.82, 2.24) is 25.4 Å². The molecule has 4 aliphatic carbocycles. The number of aromatic nitrogens is 1. The predicted octanol–water partition coefficient (Wildman–Crippen LogP) is 4.54. The van der Waals surface area contributed by atoms with Gasteiger partial charge < -0.3 is 59.5 Å². The molecule has 3 aromatic rings. The summed E-state index contributed by atoms with van der Waals surface area (Å²) in [6.45, 7) is 11.0. The molecule has 426 valence electrons. The summed E-state index contributed by atoms with van der Waals surface area (Å²) >= 11 is 0. The summed E-state index contributed by atoms with van der Waals surface area (Å²) in [6, 6.07) is 11.2. The van der Waals surface area contributed by atoms with Crippen LogP contribution in [0.25, 0.3) is 10.9 Å². The van der Waals surface area contributed by atoms with Gasteiger partial charge in [-0.15, -0.1) is 0 Å². The number of ether oxygens (including phenoxy) is 5. The minimum Gasteiger partial charge on any atom is -0.496 e. The van der Waals surface area contributed by atoms with Gasteiger partial charge in [0.15, 0.2) is 11.4 Å². The summed E-state index contributed by atoms with van der Waals surface area (Å²) in [5.74, 6) is -0.550. The number of aliphatic hydroxyl groups is 3. The second kappa shape index (κ2) is 21.2. The molecule has 1 aromatic heterocycles. The number of amides is 1. The Balaban J connectivity index is 0.903. The minimum atomic E-state index is -2.26. The molecule has 6 N–H and O–H groups in total. The molecule has 9 aliphatic rings. The molecule has 2 aromatic carbocycles. The first kappa shape index (κ1) is 55.5. The maximum Gasteiger partial charge on any atom is 0.322 e. The normalized spacial score (nSPS) is 36.5. The fourth-order valence-corrected chi connectivity index (χ4v) is 17.4. The smallest absolute Gasteiger partial charge is 0.322 e. The highest BCUT2D eigenvalue weighted by atomic mass is 16.5. The number of likely N-dealkylation sites (N-methyl/N-ethyl adjacent to an activating group) is 1. The summed E-state index contributed by atoms with van der Waals surface area (Å²) < 4.78 is 28.4. The number of esters is 1. The van der Waals surface area contributed by atoms with Gasteiger partial charge in [0.25, 0.3) is 5.91 Å². The molecule has 2 saturated heterocycles. The van der Waals surface area contributed by atoms with Crippen LogP contribution in [0.15, 0.2) is 48.6 Å². The second-order valence-corrected chi connectivity index (χ2v) is 25.4. The van der Waals surface area contributed by atoms with E-state index < -0.39 is 51.5 Å². The topological polar surface area (TPSA) is 208 Å². The first-order chi connectivity index (χ1) is 37.5. The molecule has 78 heavy (non-hydrogen) atoms. The van der Waals surface area contributed by atoms with Gasteiger partial charge in [-0.2, -0.15) is 0 Å². The Morgan fingerprint density at radius 1 is 0.872 bits per heavy atom. The molecule has 5 aliphatic heterocycles. The number of nitrogens with zero attached hydrogens (tertiary/aromatic N) is 3. The lowest BCUT2D eigenvalue weighted by Gasteiger charge is -2.63. The molecule has 5 unspecified atom stereocenters. The van der Waals surface area contributed by atoms with Crippen molar-refractivity contribution in [2.45, 2.75) is 131 Å². The molecule has 1 spiro atoms. The zero-order chi connectivity index (χ0) is 54.9. The number of aliphatic hydroxyl groups excluding tert-OH is 1. The fourth-order valence-electron chi connectivity index (χ4n) is 17.4. The molecule has 17 heteroatoms. The molecule has 0 radical (unpaired) electrons. The van der Waals surface area contributed by atoms with Crippen LogP contribution >= 0.6 is 0 Å². The standard InChI is InChI=1S/C61H86N6O11/c1-7-58-15-10-24-67-26-22-59(50(58)67)44-31-45(60(54(71)76-6)34-40-33-55(2,72)39-66(35-40)25-14-43-42-11-8-9-12-46(42)64-49(43)60)48(75-5)32-47(44)65(3)51(59)61(73,52(58)69)53(70)63-38-57-19-16-56(17-20-57,18-21-57)37-62-23-13-41(68)36-78-30-29-77-28-27-74-4/h8-12,15,31-32,40,50-52,62,64,69,72-73H,7,13-14,16-30,33-39H2,1-6H3,(H,63,70)/t40?,50?,51?,52-,55+,56?,57?,58-,59?,60-,61+/m1/s1. The van der Waals surface area contributed by atoms with Gasteiger partial charge in [-0.05, 0) is 124 Å². The molecule has 4 bridgehead atoms. The lowest BCUT2D eigenvalue weighted by Crippen LogP contribution is -2.82. The summed E-state index contributed by atoms with van der Waals surface area (Å²) in [5, 5.41) is 46.9. The fraction of sp³-hybridized carbons (Fsp3) is 0.689. The van der Waals surface area contributed by atoms with E-state index in [-0.39, 0.29) is 35.2 Å². The van der Waals surface area contributed by atoms with E-state index in [4.69, 9.17) is 23.7 Å². The van der Waals surface area contributed by atoms with Crippen molar-refractivity contribution in [1.29, 1.82) is 0 Å². The van der Waals surface area contributed by atoms with Gasteiger partial charge >= 0.3 is 5.97 Å². The molecule has 4 saturated carbocycles. The number of rotatable bonds is 20. The number of methoxy groups -OCH3 is 3. The summed E-state index contributed by atoms with van der Waals surface area (Å²) in [4.78, 5) is 54.3. The molecule has 6 fully saturated rings. The zero-order valence-electron chi connectivity index (χ0n) is 47.1. The van der Waals surface area contributed by atoms with E-state index in [0.717, 1.165) is 78.5 Å². The average molecular weight is 1080 g/mol. The van der Waals surface area contributed by atoms with E-state index in [9.17, 15) is 20.1 Å². The van der Waals surface area contributed by atoms with Gasteiger partial charge in [-0.25, -0.2) is 0 Å². The number of ketones is 1. The highest BCUT2D eigenvalue weighted by Gasteiger charge is 2.79. The van der Waals surface area contributed by atoms with Crippen LogP contribution in [0.5, 0.6) is 5.75 Å². The van der Waals surface area contributed by atoms with Crippen LogP contribution in [0.2, 0.25) is 0 Å². The number of fused-ring (bicyclic) bond motifs is 9. The Morgan fingerprint density at radius 2 is 1.60 bits per heavy atom. The van der Waals surface area contributed by atoms with E-state index in [1.54, 1.807) is 14.2 Å². The molecule has 6 heterocycles. The van der Waals surface area contributed by atoms with E-state index in [1.807, 2.05) is 37.1 Å². The molecule has 12 rings (SSSR count). The monoisotopic (exact) mass is 1080 g/mol. The Morgan fingerprint density at radius 3 is 2.33 bits per heavy atom. The number of para-hydroxylation sites is 1. The predicted molar refractivity (Wildman–Crippen MR) is 296 cm³/mol. The largest absolute Gasteiger partial charge is 0.496 e. The number of anilines is 1. The number of nitrogens with one attached hydrogen (secondary N) is 3. The van der Waals surface area contributed by atoms with Crippen LogP contribution in [-0.2, 0) is 50.6 Å². The van der Waals surface area contributed by atoms with E-state index in [2.05, 4.69) is 62.7 Å². The van der Waals surface area contributed by atoms with Gasteiger partial charge in [-0.1, -0.05) is 37.3 Å². The van der Waals surface area contributed by atoms with Crippen molar-refractivity contribution in [3.05, 3.63) is 70.9 Å². The number of hydrogen-bond donors (Lipinski definition) is 6. The summed E-state index contributed by atoms with van der Waals surface area (Å²) in [6.07, 6.45) is 11.5. The number of carbonyl (C=O) groups is 3. The van der Waals surface area contributed by atoms with Crippen molar-refractivity contribution in [3.8, 4) is 5.75 Å². The zero-order valence-corrected chi connectivity index (χ0v) is 47.1. The lowest BCUT2D eigenvalue weighted by molar-refractivity contribution is -0.204. The molecular weight excluding hydrogens is 993 g/mol. The third-order valence-electron chi connectivity index (χ3n) is 21.0. The van der Waals surface area contributed by atoms with Crippen LogP contribution in [0.4, 0.5) is 5.69 Å². The quantitative estimate of drug-likeness (QED) is 0.0522. The number of hydrogen-bond acceptors (Lipinski definition) is 15. The SMILES string of the molecule is CC[C@]12C=CCN3CCC4(c5cc([C@]6(C(=O)OC)CC7CN(CCc8c6[nH]c6ccccc86)C[C@@](C)(O)C7)c(OC)cc5N(C)C4[C@@](O)(C(=O)NCC45CCC(CNCCC(=O)COCCOCCOC)(CC4)CC5)[C@@H]1O)C32. The first-order valence-electron chi connectivity index (χ1n) is 29.1. The highest BCUT2D eigenvalue weighted by molar-refractivity contribution is 5.95. The van der Waals surface area contributed by atoms with Crippen LogP contribution in [-0.4, -0.2) is 191 Å². The van der Waals surface area contributed by atoms with Crippen molar-refractivity contribution in [2.24, 2.45) is 22.2 Å². The Bertz CT molecular complexity index is 2760. The third kappa shape index (κ3) is 8.86. The third-order valence-corrected chi connectivity index (χ3v) is 21.0. The molecule has 10 atom stereocenters. The number of carbonyl (C=O) groups excluding carboxylic acids is 3. The molecule has 17 nitrogen and oxygen atoms in total. The molecule has 1 amide bonds. The second-order valence-electron chi connectivity index (χ2n) is 25.4. The highest BCUT2D eigenvalue weighted by Crippen LogP contribution is 2.68. The average Bonchev–Trinajstić information content (AvgIpc) is 1.95. The van der Waals surface area contributed by atoms with Gasteiger partial charge in [0, 0.05) is 117 Å². The number of aromatic amines is 1. The number of Topliss-reactive ketones (excluding diaryl/α,β-unsaturated/α-hetero) is 1. The van der Waals surface area contributed by atoms with Gasteiger partial charge in [0.05, 0.1) is 52.3 Å². The first-order valence-corrected chi connectivity index (χ1v) is 29.1. The number of H-pyrrole nitrogens is 1. The molecular formula is C61H86N6O11. The van der Waals surface area contributed by atoms with Gasteiger partial charge in [0.2, 0.25) is 0 Å². The lowest BCUT2D eigenvalue weighted by atomic mass is 9.47. The van der Waals surface area contributed by atoms with Crippen molar-refractivity contribution in [2.75, 3.05) is 119 Å². The Kier molecular flexibility index (Phi) is 15.0. The van der Waals surface area contributed by atoms with Crippen LogP contribution < -0.4 is 20.3 Å². The Hall–Kier alpha value is -4.43. The van der Waals surface area contributed by atoms with E-state index >= 15 is 9.59 Å². The van der Waals surface area contributed by atoms with Crippen molar-refractivity contribution < 1.29 is 53.4 Å². The Labute approximate surface area is 460 Å². The maximum atomic E-state index is 15.7. The van der Waals surface area contributed by atoms with Crippen molar-refractivity contribution in [3.63, 3.8) is 0 Å². The van der Waals surface area contributed by atoms with Crippen LogP contribution in [0.3, 0.4) is 0 Å². The summed E-state index contributed by atoms with van der Waals surface area (Å²) in [7, 11) is 6.65.